The van der Waals surface area contributed by atoms with Gasteiger partial charge in [-0.2, -0.15) is 5.26 Å². The van der Waals surface area contributed by atoms with Gasteiger partial charge < -0.3 is 10.1 Å². The Kier molecular flexibility index (Phi) is 5.64. The van der Waals surface area contributed by atoms with Crippen molar-refractivity contribution in [3.63, 3.8) is 0 Å². The average Bonchev–Trinajstić information content (AvgIpc) is 2.99. The second-order valence-electron chi connectivity index (χ2n) is 6.04. The average molecular weight is 372 g/mol. The number of nitriles is 1. The van der Waals surface area contributed by atoms with E-state index in [1.165, 1.54) is 35.6 Å². The van der Waals surface area contributed by atoms with Crippen molar-refractivity contribution in [2.24, 2.45) is 0 Å². The molecular weight excluding hydrogens is 355 g/mol. The van der Waals surface area contributed by atoms with Crippen LogP contribution >= 0.6 is 11.3 Å². The zero-order valence-corrected chi connectivity index (χ0v) is 14.8. The minimum atomic E-state index is -0.572. The van der Waals surface area contributed by atoms with Gasteiger partial charge in [-0.05, 0) is 48.9 Å². The summed E-state index contributed by atoms with van der Waals surface area (Å²) in [6.07, 6.45) is 3.89. The van der Waals surface area contributed by atoms with E-state index in [2.05, 4.69) is 11.4 Å². The molecule has 134 valence electrons. The number of ether oxygens (including phenoxy) is 1. The number of fused-ring (bicyclic) bond motifs is 1. The van der Waals surface area contributed by atoms with Crippen LogP contribution in [0.1, 0.15) is 34.4 Å². The molecule has 1 aliphatic carbocycles. The Bertz CT molecular complexity index is 868. The lowest BCUT2D eigenvalue weighted by molar-refractivity contribution is -0.146. The zero-order chi connectivity index (χ0) is 18.5. The van der Waals surface area contributed by atoms with Gasteiger partial charge in [-0.15, -0.1) is 11.3 Å². The molecule has 0 radical (unpaired) electrons. The van der Waals surface area contributed by atoms with Gasteiger partial charge in [0, 0.05) is 4.88 Å². The summed E-state index contributed by atoms with van der Waals surface area (Å²) >= 11 is 1.42. The Morgan fingerprint density at radius 2 is 1.96 bits per heavy atom. The Morgan fingerprint density at radius 1 is 1.23 bits per heavy atom. The SMILES string of the molecule is N#Cc1c(NC(=O)COC(=O)Cc2ccc(F)cc2)sc2c1CCCC2. The summed E-state index contributed by atoms with van der Waals surface area (Å²) in [4.78, 5) is 25.0. The number of aryl methyl sites for hydroxylation is 1. The van der Waals surface area contributed by atoms with Crippen molar-refractivity contribution in [3.05, 3.63) is 51.7 Å². The van der Waals surface area contributed by atoms with E-state index in [1.54, 1.807) is 0 Å². The number of hydrogen-bond donors (Lipinski definition) is 1. The van der Waals surface area contributed by atoms with Crippen LogP contribution in [0, 0.1) is 17.1 Å². The topological polar surface area (TPSA) is 79.2 Å². The van der Waals surface area contributed by atoms with Crippen molar-refractivity contribution < 1.29 is 18.7 Å². The van der Waals surface area contributed by atoms with E-state index in [9.17, 15) is 19.2 Å². The van der Waals surface area contributed by atoms with Crippen molar-refractivity contribution in [2.75, 3.05) is 11.9 Å². The number of esters is 1. The van der Waals surface area contributed by atoms with Gasteiger partial charge in [-0.1, -0.05) is 12.1 Å². The number of rotatable bonds is 5. The van der Waals surface area contributed by atoms with Gasteiger partial charge in [-0.25, -0.2) is 4.39 Å². The molecule has 0 saturated heterocycles. The van der Waals surface area contributed by atoms with E-state index in [-0.39, 0.29) is 12.2 Å². The third kappa shape index (κ3) is 4.27. The number of thiophene rings is 1. The molecule has 26 heavy (non-hydrogen) atoms. The lowest BCUT2D eigenvalue weighted by Crippen LogP contribution is -2.21. The maximum absolute atomic E-state index is 12.8. The molecule has 3 rings (SSSR count). The minimum Gasteiger partial charge on any atom is -0.455 e. The highest BCUT2D eigenvalue weighted by molar-refractivity contribution is 7.16. The van der Waals surface area contributed by atoms with Crippen LogP contribution < -0.4 is 5.32 Å². The van der Waals surface area contributed by atoms with Gasteiger partial charge in [-0.3, -0.25) is 9.59 Å². The van der Waals surface area contributed by atoms with Crippen molar-refractivity contribution >= 4 is 28.2 Å². The Hall–Kier alpha value is -2.72. The summed E-state index contributed by atoms with van der Waals surface area (Å²) in [6.45, 7) is -0.423. The molecule has 0 spiro atoms. The Morgan fingerprint density at radius 3 is 2.69 bits per heavy atom. The molecule has 7 heteroatoms. The minimum absolute atomic E-state index is 0.0374. The summed E-state index contributed by atoms with van der Waals surface area (Å²) in [5.74, 6) is -1.43. The van der Waals surface area contributed by atoms with Crippen LogP contribution in [-0.2, 0) is 33.6 Å². The van der Waals surface area contributed by atoms with Gasteiger partial charge in [0.15, 0.2) is 6.61 Å². The van der Waals surface area contributed by atoms with E-state index >= 15 is 0 Å². The van der Waals surface area contributed by atoms with Crippen LogP contribution in [0.3, 0.4) is 0 Å². The zero-order valence-electron chi connectivity index (χ0n) is 14.0. The smallest absolute Gasteiger partial charge is 0.310 e. The molecule has 0 bridgehead atoms. The quantitative estimate of drug-likeness (QED) is 0.816. The molecule has 1 aromatic heterocycles. The summed E-state index contributed by atoms with van der Waals surface area (Å²) in [7, 11) is 0. The number of carbonyl (C=O) groups excluding carboxylic acids is 2. The van der Waals surface area contributed by atoms with Crippen LogP contribution in [-0.4, -0.2) is 18.5 Å². The van der Waals surface area contributed by atoms with E-state index in [0.29, 0.717) is 16.1 Å². The van der Waals surface area contributed by atoms with Crippen molar-refractivity contribution in [2.45, 2.75) is 32.1 Å². The predicted octanol–water partition coefficient (Wildman–Crippen LogP) is 3.36. The van der Waals surface area contributed by atoms with Gasteiger partial charge in [0.05, 0.1) is 12.0 Å². The number of halogens is 1. The molecule has 1 aliphatic rings. The fourth-order valence-electron chi connectivity index (χ4n) is 2.90. The normalized spacial score (nSPS) is 12.8. The molecular formula is C19H17FN2O3S. The number of anilines is 1. The Labute approximate surface area is 154 Å². The molecule has 0 saturated carbocycles. The Balaban J connectivity index is 1.54. The highest BCUT2D eigenvalue weighted by atomic mass is 32.1. The molecule has 1 aromatic carbocycles. The van der Waals surface area contributed by atoms with Gasteiger partial charge >= 0.3 is 5.97 Å². The first-order valence-corrected chi connectivity index (χ1v) is 9.13. The largest absolute Gasteiger partial charge is 0.455 e. The molecule has 1 heterocycles. The number of nitrogens with zero attached hydrogens (tertiary/aromatic N) is 1. The molecule has 0 atom stereocenters. The van der Waals surface area contributed by atoms with Crippen LogP contribution in [0.25, 0.3) is 0 Å². The fraction of sp³-hybridized carbons (Fsp3) is 0.316. The molecule has 5 nitrogen and oxygen atoms in total. The predicted molar refractivity (Wildman–Crippen MR) is 95.4 cm³/mol. The maximum atomic E-state index is 12.8. The first-order chi connectivity index (χ1) is 12.6. The number of nitrogens with one attached hydrogen (secondary N) is 1. The van der Waals surface area contributed by atoms with Crippen LogP contribution in [0.4, 0.5) is 9.39 Å². The molecule has 0 fully saturated rings. The summed E-state index contributed by atoms with van der Waals surface area (Å²) in [6, 6.07) is 7.68. The fourth-order valence-corrected chi connectivity index (χ4v) is 4.16. The van der Waals surface area contributed by atoms with Gasteiger partial charge in [0.1, 0.15) is 16.9 Å². The van der Waals surface area contributed by atoms with E-state index in [4.69, 9.17) is 4.74 Å². The third-order valence-electron chi connectivity index (χ3n) is 4.16. The van der Waals surface area contributed by atoms with Crippen LogP contribution in [0.15, 0.2) is 24.3 Å². The second-order valence-corrected chi connectivity index (χ2v) is 7.14. The first-order valence-electron chi connectivity index (χ1n) is 8.31. The summed E-state index contributed by atoms with van der Waals surface area (Å²) in [5.41, 5.74) is 2.16. The van der Waals surface area contributed by atoms with Crippen molar-refractivity contribution in [1.82, 2.24) is 0 Å². The third-order valence-corrected chi connectivity index (χ3v) is 5.37. The monoisotopic (exact) mass is 372 g/mol. The standard InChI is InChI=1S/C19H17FN2O3S/c20-13-7-5-12(6-8-13)9-18(24)25-11-17(23)22-19-15(10-21)14-3-1-2-4-16(14)26-19/h5-8H,1-4,9,11H2,(H,22,23). The first kappa shape index (κ1) is 18.1. The molecule has 0 unspecified atom stereocenters. The summed E-state index contributed by atoms with van der Waals surface area (Å²) in [5, 5.41) is 12.6. The number of amides is 1. The molecule has 1 N–H and O–H groups in total. The van der Waals surface area contributed by atoms with Gasteiger partial charge in [0.25, 0.3) is 5.91 Å². The lowest BCUT2D eigenvalue weighted by atomic mass is 9.96. The van der Waals surface area contributed by atoms with E-state index in [0.717, 1.165) is 36.1 Å². The number of carbonyl (C=O) groups is 2. The molecule has 0 aliphatic heterocycles. The van der Waals surface area contributed by atoms with Crippen molar-refractivity contribution in [1.29, 1.82) is 5.26 Å². The van der Waals surface area contributed by atoms with E-state index in [1.807, 2.05) is 0 Å². The molecule has 1 amide bonds. The number of benzene rings is 1. The van der Waals surface area contributed by atoms with Gasteiger partial charge in [0.2, 0.25) is 0 Å². The highest BCUT2D eigenvalue weighted by Crippen LogP contribution is 2.37. The van der Waals surface area contributed by atoms with Crippen molar-refractivity contribution in [3.8, 4) is 6.07 Å². The van der Waals surface area contributed by atoms with E-state index < -0.39 is 18.5 Å². The summed E-state index contributed by atoms with van der Waals surface area (Å²) < 4.78 is 17.8. The highest BCUT2D eigenvalue weighted by Gasteiger charge is 2.22. The maximum Gasteiger partial charge on any atom is 0.310 e. The lowest BCUT2D eigenvalue weighted by Gasteiger charge is -2.09. The number of hydrogen-bond acceptors (Lipinski definition) is 5. The molecule has 2 aromatic rings. The van der Waals surface area contributed by atoms with Crippen LogP contribution in [0.5, 0.6) is 0 Å². The van der Waals surface area contributed by atoms with Crippen LogP contribution in [0.2, 0.25) is 0 Å². The second kappa shape index (κ2) is 8.11.